The van der Waals surface area contributed by atoms with Crippen LogP contribution in [0.1, 0.15) is 23.5 Å². The number of nitrogens with zero attached hydrogens (tertiary/aromatic N) is 2. The first-order valence-electron chi connectivity index (χ1n) is 5.47. The summed E-state index contributed by atoms with van der Waals surface area (Å²) in [5.41, 5.74) is 7.08. The molecule has 0 radical (unpaired) electrons. The summed E-state index contributed by atoms with van der Waals surface area (Å²) in [6, 6.07) is 0. The lowest BCUT2D eigenvalue weighted by atomic mass is 10.1. The van der Waals surface area contributed by atoms with Crippen molar-refractivity contribution in [3.8, 4) is 0 Å². The lowest BCUT2D eigenvalue weighted by molar-refractivity contribution is 0.287. The van der Waals surface area contributed by atoms with E-state index >= 15 is 0 Å². The second kappa shape index (κ2) is 4.58. The molecule has 2 heterocycles. The maximum absolute atomic E-state index is 11.5. The van der Waals surface area contributed by atoms with Gasteiger partial charge in [0.2, 0.25) is 0 Å². The van der Waals surface area contributed by atoms with Gasteiger partial charge in [0.05, 0.1) is 17.2 Å². The predicted molar refractivity (Wildman–Crippen MR) is 63.0 cm³/mol. The van der Waals surface area contributed by atoms with Crippen molar-refractivity contribution in [1.29, 1.82) is 0 Å². The van der Waals surface area contributed by atoms with E-state index in [9.17, 15) is 8.42 Å². The molecule has 2 rings (SSSR count). The number of aromatic nitrogens is 2. The minimum Gasteiger partial charge on any atom is -0.396 e. The number of hydrogen-bond donors (Lipinski definition) is 2. The molecule has 6 nitrogen and oxygen atoms in total. The summed E-state index contributed by atoms with van der Waals surface area (Å²) < 4.78 is 23.0. The quantitative estimate of drug-likeness (QED) is 0.753. The van der Waals surface area contributed by atoms with Crippen LogP contribution in [-0.2, 0) is 28.4 Å². The Hall–Kier alpha value is -1.21. The van der Waals surface area contributed by atoms with Gasteiger partial charge in [-0.3, -0.25) is 0 Å². The topological polar surface area (TPSA) is 106 Å². The van der Waals surface area contributed by atoms with Gasteiger partial charge >= 0.3 is 0 Å². The van der Waals surface area contributed by atoms with Crippen molar-refractivity contribution in [2.75, 3.05) is 18.1 Å². The fraction of sp³-hybridized carbons (Fsp3) is 0.600. The molecule has 94 valence electrons. The Bertz CT molecular complexity index is 528. The standard InChI is InChI=1S/C10H15N3O3S/c11-10-7-3-5-17(15,16)6-8(7)12-9(13-10)2-1-4-14/h14H,1-6H2,(H2,11,12,13). The molecule has 3 N–H and O–H groups in total. The number of sulfone groups is 1. The first kappa shape index (κ1) is 12.3. The number of aliphatic hydroxyl groups excluding tert-OH is 1. The molecule has 7 heteroatoms. The number of rotatable bonds is 3. The van der Waals surface area contributed by atoms with Crippen LogP contribution in [0.25, 0.3) is 0 Å². The van der Waals surface area contributed by atoms with Crippen LogP contribution < -0.4 is 5.73 Å². The van der Waals surface area contributed by atoms with Gasteiger partial charge in [-0.05, 0) is 12.8 Å². The van der Waals surface area contributed by atoms with Crippen LogP contribution in [-0.4, -0.2) is 35.9 Å². The fourth-order valence-corrected chi connectivity index (χ4v) is 3.20. The zero-order valence-electron chi connectivity index (χ0n) is 9.39. The maximum Gasteiger partial charge on any atom is 0.156 e. The Balaban J connectivity index is 2.35. The number of aryl methyl sites for hydroxylation is 1. The Morgan fingerprint density at radius 3 is 2.82 bits per heavy atom. The van der Waals surface area contributed by atoms with Gasteiger partial charge in [0, 0.05) is 18.6 Å². The largest absolute Gasteiger partial charge is 0.396 e. The van der Waals surface area contributed by atoms with Crippen LogP contribution >= 0.6 is 0 Å². The molecule has 0 bridgehead atoms. The van der Waals surface area contributed by atoms with Gasteiger partial charge in [0.1, 0.15) is 11.6 Å². The maximum atomic E-state index is 11.5. The fourth-order valence-electron chi connectivity index (χ4n) is 1.88. The van der Waals surface area contributed by atoms with E-state index < -0.39 is 9.84 Å². The molecular formula is C10H15N3O3S. The van der Waals surface area contributed by atoms with Crippen LogP contribution in [0.15, 0.2) is 0 Å². The highest BCUT2D eigenvalue weighted by atomic mass is 32.2. The van der Waals surface area contributed by atoms with E-state index in [-0.39, 0.29) is 18.1 Å². The summed E-state index contributed by atoms with van der Waals surface area (Å²) in [4.78, 5) is 8.36. The van der Waals surface area contributed by atoms with E-state index in [1.807, 2.05) is 0 Å². The lowest BCUT2D eigenvalue weighted by Gasteiger charge is -2.17. The zero-order valence-corrected chi connectivity index (χ0v) is 10.2. The van der Waals surface area contributed by atoms with Gasteiger partial charge in [0.15, 0.2) is 9.84 Å². The van der Waals surface area contributed by atoms with Crippen LogP contribution in [0.2, 0.25) is 0 Å². The molecule has 17 heavy (non-hydrogen) atoms. The number of nitrogens with two attached hydrogens (primary N) is 1. The van der Waals surface area contributed by atoms with Crippen LogP contribution in [0.3, 0.4) is 0 Å². The summed E-state index contributed by atoms with van der Waals surface area (Å²) in [5.74, 6) is 0.940. The highest BCUT2D eigenvalue weighted by Crippen LogP contribution is 2.23. The molecule has 1 aromatic heterocycles. The Kier molecular flexibility index (Phi) is 3.30. The van der Waals surface area contributed by atoms with Gasteiger partial charge in [-0.25, -0.2) is 18.4 Å². The van der Waals surface area contributed by atoms with Gasteiger partial charge < -0.3 is 10.8 Å². The van der Waals surface area contributed by atoms with Crippen molar-refractivity contribution in [2.45, 2.75) is 25.0 Å². The third-order valence-corrected chi connectivity index (χ3v) is 4.29. The average molecular weight is 257 g/mol. The molecule has 0 spiro atoms. The third kappa shape index (κ3) is 2.73. The minimum absolute atomic E-state index is 0.0542. The van der Waals surface area contributed by atoms with Crippen molar-refractivity contribution < 1.29 is 13.5 Å². The first-order valence-corrected chi connectivity index (χ1v) is 7.29. The van der Waals surface area contributed by atoms with E-state index in [1.165, 1.54) is 0 Å². The number of hydrogen-bond acceptors (Lipinski definition) is 6. The van der Waals surface area contributed by atoms with Crippen LogP contribution in [0, 0.1) is 0 Å². The minimum atomic E-state index is -3.05. The van der Waals surface area contributed by atoms with E-state index in [0.29, 0.717) is 36.6 Å². The van der Waals surface area contributed by atoms with E-state index in [2.05, 4.69) is 9.97 Å². The molecule has 0 fully saturated rings. The van der Waals surface area contributed by atoms with E-state index in [0.717, 1.165) is 5.56 Å². The summed E-state index contributed by atoms with van der Waals surface area (Å²) in [6.07, 6.45) is 1.45. The number of nitrogen functional groups attached to an aromatic ring is 1. The molecule has 0 amide bonds. The number of anilines is 1. The summed E-state index contributed by atoms with van der Waals surface area (Å²) in [5, 5.41) is 8.74. The molecule has 0 saturated carbocycles. The zero-order chi connectivity index (χ0) is 12.5. The van der Waals surface area contributed by atoms with Crippen LogP contribution in [0.5, 0.6) is 0 Å². The summed E-state index contributed by atoms with van der Waals surface area (Å²) in [7, 11) is -3.05. The number of aliphatic hydroxyl groups is 1. The SMILES string of the molecule is Nc1nc(CCCO)nc2c1CCS(=O)(=O)C2. The van der Waals surface area contributed by atoms with Gasteiger partial charge in [-0.15, -0.1) is 0 Å². The molecule has 0 atom stereocenters. The summed E-state index contributed by atoms with van der Waals surface area (Å²) >= 11 is 0. The van der Waals surface area contributed by atoms with Gasteiger partial charge in [-0.2, -0.15) is 0 Å². The van der Waals surface area contributed by atoms with Crippen molar-refractivity contribution >= 4 is 15.7 Å². The second-order valence-electron chi connectivity index (χ2n) is 4.12. The molecule has 0 aliphatic carbocycles. The third-order valence-electron chi connectivity index (χ3n) is 2.75. The van der Waals surface area contributed by atoms with Crippen molar-refractivity contribution in [3.05, 3.63) is 17.1 Å². The van der Waals surface area contributed by atoms with E-state index in [4.69, 9.17) is 10.8 Å². The van der Waals surface area contributed by atoms with Crippen molar-refractivity contribution in [1.82, 2.24) is 9.97 Å². The molecular weight excluding hydrogens is 242 g/mol. The monoisotopic (exact) mass is 257 g/mol. The van der Waals surface area contributed by atoms with Crippen LogP contribution in [0.4, 0.5) is 5.82 Å². The smallest absolute Gasteiger partial charge is 0.156 e. The Labute approximate surface area is 99.8 Å². The molecule has 1 aromatic rings. The highest BCUT2D eigenvalue weighted by molar-refractivity contribution is 7.90. The first-order chi connectivity index (χ1) is 8.02. The normalized spacial score (nSPS) is 17.7. The van der Waals surface area contributed by atoms with E-state index in [1.54, 1.807) is 0 Å². The molecule has 1 aliphatic rings. The average Bonchev–Trinajstić information content (AvgIpc) is 2.24. The van der Waals surface area contributed by atoms with Gasteiger partial charge in [-0.1, -0.05) is 0 Å². The van der Waals surface area contributed by atoms with Crippen molar-refractivity contribution in [3.63, 3.8) is 0 Å². The number of fused-ring (bicyclic) bond motifs is 1. The predicted octanol–water partition coefficient (Wildman–Crippen LogP) is -0.545. The Morgan fingerprint density at radius 2 is 2.12 bits per heavy atom. The molecule has 1 aliphatic heterocycles. The lowest BCUT2D eigenvalue weighted by Crippen LogP contribution is -2.23. The Morgan fingerprint density at radius 1 is 1.35 bits per heavy atom. The molecule has 0 aromatic carbocycles. The van der Waals surface area contributed by atoms with Gasteiger partial charge in [0.25, 0.3) is 0 Å². The summed E-state index contributed by atoms with van der Waals surface area (Å²) in [6.45, 7) is 0.0542. The van der Waals surface area contributed by atoms with Crippen molar-refractivity contribution in [2.24, 2.45) is 0 Å². The molecule has 0 saturated heterocycles. The second-order valence-corrected chi connectivity index (χ2v) is 6.30. The molecule has 0 unspecified atom stereocenters. The highest BCUT2D eigenvalue weighted by Gasteiger charge is 2.25.